The third-order valence-electron chi connectivity index (χ3n) is 7.40. The van der Waals surface area contributed by atoms with Gasteiger partial charge in [0.1, 0.15) is 5.84 Å². The molecule has 1 N–H and O–H groups in total. The molecule has 1 aromatic rings. The van der Waals surface area contributed by atoms with Crippen molar-refractivity contribution in [3.8, 4) is 0 Å². The van der Waals surface area contributed by atoms with Gasteiger partial charge in [-0.25, -0.2) is 0 Å². The van der Waals surface area contributed by atoms with Gasteiger partial charge in [0.05, 0.1) is 22.4 Å². The van der Waals surface area contributed by atoms with E-state index >= 15 is 0 Å². The van der Waals surface area contributed by atoms with Crippen LogP contribution in [0.5, 0.6) is 0 Å². The number of nitrogens with zero attached hydrogens (tertiary/aromatic N) is 2. The van der Waals surface area contributed by atoms with E-state index in [0.717, 1.165) is 62.3 Å². The molecule has 2 fully saturated rings. The van der Waals surface area contributed by atoms with Gasteiger partial charge < -0.3 is 5.32 Å². The molecule has 0 atom stereocenters. The number of aliphatic imine (C=N–C) groups is 1. The highest BCUT2D eigenvalue weighted by Gasteiger charge is 2.50. The summed E-state index contributed by atoms with van der Waals surface area (Å²) in [7, 11) is 1.88. The summed E-state index contributed by atoms with van der Waals surface area (Å²) in [5.41, 5.74) is 4.92. The zero-order valence-corrected chi connectivity index (χ0v) is 20.0. The fraction of sp³-hybridized carbons (Fsp3) is 0.481. The Bertz CT molecular complexity index is 979. The number of allylic oxidation sites excluding steroid dienone is 4. The van der Waals surface area contributed by atoms with E-state index in [1.54, 1.807) is 0 Å². The minimum atomic E-state index is -0.108. The molecule has 0 radical (unpaired) electrons. The average molecular weight is 452 g/mol. The van der Waals surface area contributed by atoms with Crippen LogP contribution < -0.4 is 10.2 Å². The lowest BCUT2D eigenvalue weighted by molar-refractivity contribution is -0.104. The average Bonchev–Trinajstić information content (AvgIpc) is 3.08. The normalized spacial score (nSPS) is 23.0. The molecule has 32 heavy (non-hydrogen) atoms. The highest BCUT2D eigenvalue weighted by molar-refractivity contribution is 6.34. The molecule has 1 aromatic carbocycles. The molecular formula is C27H34ClN3O. The standard InChI is InChI=1S/C27H34ClN3O/c1-4-8-24(22(18-32)19(2)28)31-25-17-21(20-11-15-30-16-12-20)9-10-23(25)27(26(31)29-3)13-6-5-7-14-27/h4,8-10,17-18,20,30H,2,5-7,11-16H2,1,3H3/b8-4?,24-22+,29-26?. The fourth-order valence-electron chi connectivity index (χ4n) is 5.91. The Morgan fingerprint density at radius 1 is 1.25 bits per heavy atom. The van der Waals surface area contributed by atoms with Crippen molar-refractivity contribution in [2.45, 2.75) is 63.2 Å². The van der Waals surface area contributed by atoms with Crippen LogP contribution in [0.15, 0.2) is 58.2 Å². The lowest BCUT2D eigenvalue weighted by Gasteiger charge is -2.36. The van der Waals surface area contributed by atoms with Crippen molar-refractivity contribution in [1.82, 2.24) is 5.32 Å². The lowest BCUT2D eigenvalue weighted by Crippen LogP contribution is -2.41. The van der Waals surface area contributed by atoms with E-state index in [1.165, 1.54) is 30.4 Å². The van der Waals surface area contributed by atoms with Crippen LogP contribution in [0.1, 0.15) is 68.9 Å². The van der Waals surface area contributed by atoms with E-state index in [4.69, 9.17) is 16.6 Å². The fourth-order valence-corrected chi connectivity index (χ4v) is 6.05. The quantitative estimate of drug-likeness (QED) is 0.340. The molecule has 0 amide bonds. The Morgan fingerprint density at radius 2 is 1.97 bits per heavy atom. The highest BCUT2D eigenvalue weighted by atomic mass is 35.5. The number of hydrogen-bond donors (Lipinski definition) is 1. The number of amidine groups is 1. The van der Waals surface area contributed by atoms with E-state index in [2.05, 4.69) is 35.0 Å². The molecule has 0 unspecified atom stereocenters. The SMILES string of the molecule is C=C(Cl)/C(C=O)=C(\C=CC)N1C(=NC)C2(CCCCC2)c2ccc(C3CCNCC3)cc21. The molecule has 170 valence electrons. The van der Waals surface area contributed by atoms with E-state index < -0.39 is 0 Å². The number of fused-ring (bicyclic) bond motifs is 2. The molecule has 4 nitrogen and oxygen atoms in total. The van der Waals surface area contributed by atoms with E-state index in [-0.39, 0.29) is 10.4 Å². The van der Waals surface area contributed by atoms with Crippen molar-refractivity contribution >= 4 is 29.4 Å². The first-order chi connectivity index (χ1) is 15.6. The van der Waals surface area contributed by atoms with E-state index in [0.29, 0.717) is 11.5 Å². The molecule has 4 rings (SSSR count). The van der Waals surface area contributed by atoms with Crippen molar-refractivity contribution in [2.75, 3.05) is 25.0 Å². The molecule has 1 saturated carbocycles. The number of carbonyl (C=O) groups is 1. The van der Waals surface area contributed by atoms with Gasteiger partial charge in [-0.3, -0.25) is 14.7 Å². The van der Waals surface area contributed by atoms with Gasteiger partial charge in [-0.1, -0.05) is 55.7 Å². The van der Waals surface area contributed by atoms with Gasteiger partial charge in [0.15, 0.2) is 6.29 Å². The molecule has 0 bridgehead atoms. The van der Waals surface area contributed by atoms with Crippen LogP contribution in [-0.2, 0) is 10.2 Å². The maximum absolute atomic E-state index is 12.1. The van der Waals surface area contributed by atoms with Crippen LogP contribution in [0.2, 0.25) is 0 Å². The first kappa shape index (κ1) is 23.0. The maximum Gasteiger partial charge on any atom is 0.153 e. The molecule has 2 heterocycles. The first-order valence-electron chi connectivity index (χ1n) is 11.9. The summed E-state index contributed by atoms with van der Waals surface area (Å²) in [4.78, 5) is 19.2. The van der Waals surface area contributed by atoms with Crippen molar-refractivity contribution in [3.05, 3.63) is 64.4 Å². The summed E-state index contributed by atoms with van der Waals surface area (Å²) in [6.07, 6.45) is 12.8. The maximum atomic E-state index is 12.1. The minimum Gasteiger partial charge on any atom is -0.317 e. The number of benzene rings is 1. The van der Waals surface area contributed by atoms with E-state index in [1.807, 2.05) is 26.1 Å². The molecule has 1 spiro atoms. The smallest absolute Gasteiger partial charge is 0.153 e. The Balaban J connectivity index is 1.95. The number of carbonyl (C=O) groups excluding carboxylic acids is 1. The van der Waals surface area contributed by atoms with Crippen LogP contribution in [-0.4, -0.2) is 32.3 Å². The van der Waals surface area contributed by atoms with Gasteiger partial charge in [-0.05, 0) is 74.9 Å². The first-order valence-corrected chi connectivity index (χ1v) is 12.2. The van der Waals surface area contributed by atoms with Gasteiger partial charge in [-0.15, -0.1) is 0 Å². The predicted octanol–water partition coefficient (Wildman–Crippen LogP) is 5.99. The second-order valence-corrected chi connectivity index (χ2v) is 9.60. The predicted molar refractivity (Wildman–Crippen MR) is 135 cm³/mol. The van der Waals surface area contributed by atoms with Crippen LogP contribution in [0.3, 0.4) is 0 Å². The molecule has 1 saturated heterocycles. The number of rotatable bonds is 5. The molecule has 1 aliphatic carbocycles. The summed E-state index contributed by atoms with van der Waals surface area (Å²) in [5.74, 6) is 1.58. The van der Waals surface area contributed by atoms with Crippen molar-refractivity contribution in [1.29, 1.82) is 0 Å². The van der Waals surface area contributed by atoms with Crippen molar-refractivity contribution in [2.24, 2.45) is 4.99 Å². The molecule has 2 aliphatic heterocycles. The molecule has 3 aliphatic rings. The zero-order chi connectivity index (χ0) is 22.7. The van der Waals surface area contributed by atoms with Gasteiger partial charge >= 0.3 is 0 Å². The van der Waals surface area contributed by atoms with Crippen LogP contribution in [0, 0.1) is 0 Å². The highest BCUT2D eigenvalue weighted by Crippen LogP contribution is 2.53. The van der Waals surface area contributed by atoms with Crippen LogP contribution in [0.4, 0.5) is 5.69 Å². The van der Waals surface area contributed by atoms with Crippen molar-refractivity contribution in [3.63, 3.8) is 0 Å². The number of nitrogens with one attached hydrogen (secondary N) is 1. The summed E-state index contributed by atoms with van der Waals surface area (Å²) < 4.78 is 0. The Morgan fingerprint density at radius 3 is 2.56 bits per heavy atom. The van der Waals surface area contributed by atoms with Crippen LogP contribution >= 0.6 is 11.6 Å². The molecule has 0 aromatic heterocycles. The Kier molecular flexibility index (Phi) is 7.02. The second-order valence-electron chi connectivity index (χ2n) is 9.15. The summed E-state index contributed by atoms with van der Waals surface area (Å²) in [6.45, 7) is 7.95. The van der Waals surface area contributed by atoms with Gasteiger partial charge in [0, 0.05) is 12.1 Å². The number of hydrogen-bond acceptors (Lipinski definition) is 3. The lowest BCUT2D eigenvalue weighted by atomic mass is 9.69. The largest absolute Gasteiger partial charge is 0.317 e. The topological polar surface area (TPSA) is 44.7 Å². The summed E-state index contributed by atoms with van der Waals surface area (Å²) in [6, 6.07) is 7.03. The Hall–Kier alpha value is -2.17. The number of anilines is 1. The number of aldehydes is 1. The van der Waals surface area contributed by atoms with Gasteiger partial charge in [-0.2, -0.15) is 0 Å². The second kappa shape index (κ2) is 9.76. The van der Waals surface area contributed by atoms with Crippen molar-refractivity contribution < 1.29 is 4.79 Å². The zero-order valence-electron chi connectivity index (χ0n) is 19.3. The molecule has 5 heteroatoms. The number of piperidine rings is 1. The summed E-state index contributed by atoms with van der Waals surface area (Å²) in [5, 5.41) is 3.72. The van der Waals surface area contributed by atoms with E-state index in [9.17, 15) is 4.79 Å². The Labute approximate surface area is 197 Å². The van der Waals surface area contributed by atoms with Gasteiger partial charge in [0.2, 0.25) is 0 Å². The van der Waals surface area contributed by atoms with Gasteiger partial charge in [0.25, 0.3) is 0 Å². The minimum absolute atomic E-state index is 0.108. The molecular weight excluding hydrogens is 418 g/mol. The monoisotopic (exact) mass is 451 g/mol. The third-order valence-corrected chi connectivity index (χ3v) is 7.60. The third kappa shape index (κ3) is 3.88. The summed E-state index contributed by atoms with van der Waals surface area (Å²) >= 11 is 6.31. The van der Waals surface area contributed by atoms with Crippen LogP contribution in [0.25, 0.3) is 0 Å². The number of halogens is 1.